The SMILES string of the molecule is Cc1ccc(-c2nc(-c3c(F)cccc3Cl)nn2C)n1C. The number of hydrogen-bond acceptors (Lipinski definition) is 2. The van der Waals surface area contributed by atoms with E-state index in [0.717, 1.165) is 11.4 Å². The molecule has 4 nitrogen and oxygen atoms in total. The third-order valence-electron chi connectivity index (χ3n) is 3.55. The maximum Gasteiger partial charge on any atom is 0.186 e. The fourth-order valence-corrected chi connectivity index (χ4v) is 2.51. The standard InChI is InChI=1S/C15H14ClFN4/c1-9-7-8-12(20(9)2)15-18-14(19-21(15)3)13-10(16)5-4-6-11(13)17/h4-8H,1-3H3. The first-order valence-corrected chi connectivity index (χ1v) is 6.85. The zero-order valence-electron chi connectivity index (χ0n) is 11.9. The Morgan fingerprint density at radius 2 is 1.90 bits per heavy atom. The van der Waals surface area contributed by atoms with Crippen molar-refractivity contribution >= 4 is 11.6 Å². The Labute approximate surface area is 126 Å². The van der Waals surface area contributed by atoms with Crippen molar-refractivity contribution in [2.45, 2.75) is 6.92 Å². The number of benzene rings is 1. The maximum absolute atomic E-state index is 14.0. The summed E-state index contributed by atoms with van der Waals surface area (Å²) >= 11 is 6.07. The van der Waals surface area contributed by atoms with Crippen LogP contribution in [0.5, 0.6) is 0 Å². The van der Waals surface area contributed by atoms with Crippen molar-refractivity contribution in [3.8, 4) is 22.9 Å². The first-order chi connectivity index (χ1) is 9.99. The van der Waals surface area contributed by atoms with Gasteiger partial charge in [0.25, 0.3) is 0 Å². The van der Waals surface area contributed by atoms with Crippen molar-refractivity contribution in [3.63, 3.8) is 0 Å². The van der Waals surface area contributed by atoms with Crippen LogP contribution < -0.4 is 0 Å². The summed E-state index contributed by atoms with van der Waals surface area (Å²) in [4.78, 5) is 4.45. The van der Waals surface area contributed by atoms with E-state index in [2.05, 4.69) is 10.1 Å². The third-order valence-corrected chi connectivity index (χ3v) is 3.87. The van der Waals surface area contributed by atoms with E-state index in [0.29, 0.717) is 10.8 Å². The molecule has 0 unspecified atom stereocenters. The normalized spacial score (nSPS) is 11.1. The molecule has 0 saturated carbocycles. The summed E-state index contributed by atoms with van der Waals surface area (Å²) in [6.07, 6.45) is 0. The van der Waals surface area contributed by atoms with Gasteiger partial charge in [-0.25, -0.2) is 14.1 Å². The largest absolute Gasteiger partial charge is 0.345 e. The summed E-state index contributed by atoms with van der Waals surface area (Å²) in [6, 6.07) is 8.50. The van der Waals surface area contributed by atoms with Crippen molar-refractivity contribution in [2.24, 2.45) is 14.1 Å². The smallest absolute Gasteiger partial charge is 0.186 e. The Morgan fingerprint density at radius 3 is 2.52 bits per heavy atom. The molecule has 6 heteroatoms. The second-order valence-electron chi connectivity index (χ2n) is 4.90. The lowest BCUT2D eigenvalue weighted by atomic mass is 10.2. The number of aromatic nitrogens is 4. The molecule has 0 radical (unpaired) electrons. The predicted octanol–water partition coefficient (Wildman–Crippen LogP) is 3.59. The average molecular weight is 305 g/mol. The minimum absolute atomic E-state index is 0.229. The molecule has 0 aliphatic heterocycles. The molecule has 21 heavy (non-hydrogen) atoms. The lowest BCUT2D eigenvalue weighted by molar-refractivity contribution is 0.629. The molecule has 0 bridgehead atoms. The maximum atomic E-state index is 14.0. The van der Waals surface area contributed by atoms with E-state index in [1.54, 1.807) is 23.9 Å². The van der Waals surface area contributed by atoms with Crippen LogP contribution in [0.15, 0.2) is 30.3 Å². The van der Waals surface area contributed by atoms with E-state index in [1.165, 1.54) is 6.07 Å². The lowest BCUT2D eigenvalue weighted by Crippen LogP contribution is -2.00. The molecule has 0 N–H and O–H groups in total. The van der Waals surface area contributed by atoms with Gasteiger partial charge in [-0.15, -0.1) is 0 Å². The van der Waals surface area contributed by atoms with Crippen LogP contribution in [0.3, 0.4) is 0 Å². The fourth-order valence-electron chi connectivity index (χ4n) is 2.26. The first-order valence-electron chi connectivity index (χ1n) is 6.47. The summed E-state index contributed by atoms with van der Waals surface area (Å²) in [5.74, 6) is 0.525. The number of hydrogen-bond donors (Lipinski definition) is 0. The molecular formula is C15H14ClFN4. The molecule has 0 spiro atoms. The summed E-state index contributed by atoms with van der Waals surface area (Å²) in [6.45, 7) is 2.01. The van der Waals surface area contributed by atoms with Gasteiger partial charge in [0.15, 0.2) is 11.6 Å². The van der Waals surface area contributed by atoms with Crippen LogP contribution in [0.2, 0.25) is 5.02 Å². The quantitative estimate of drug-likeness (QED) is 0.725. The van der Waals surface area contributed by atoms with Crippen LogP contribution in [0.25, 0.3) is 22.9 Å². The van der Waals surface area contributed by atoms with E-state index in [4.69, 9.17) is 11.6 Å². The first kappa shape index (κ1) is 13.8. The summed E-state index contributed by atoms with van der Waals surface area (Å²) in [7, 11) is 3.73. The Bertz CT molecular complexity index is 799. The Morgan fingerprint density at radius 1 is 1.14 bits per heavy atom. The van der Waals surface area contributed by atoms with Crippen molar-refractivity contribution in [2.75, 3.05) is 0 Å². The van der Waals surface area contributed by atoms with Gasteiger partial charge in [0.2, 0.25) is 0 Å². The highest BCUT2D eigenvalue weighted by atomic mass is 35.5. The van der Waals surface area contributed by atoms with Crippen LogP contribution in [0.1, 0.15) is 5.69 Å². The average Bonchev–Trinajstić information content (AvgIpc) is 2.94. The van der Waals surface area contributed by atoms with Gasteiger partial charge < -0.3 is 4.57 Å². The second kappa shape index (κ2) is 5.00. The Hall–Kier alpha value is -2.14. The number of rotatable bonds is 2. The zero-order chi connectivity index (χ0) is 15.1. The van der Waals surface area contributed by atoms with Gasteiger partial charge in [0, 0.05) is 19.8 Å². The lowest BCUT2D eigenvalue weighted by Gasteiger charge is -2.03. The molecule has 0 saturated heterocycles. The Kier molecular flexibility index (Phi) is 3.29. The highest BCUT2D eigenvalue weighted by molar-refractivity contribution is 6.33. The van der Waals surface area contributed by atoms with Crippen LogP contribution in [-0.2, 0) is 14.1 Å². The van der Waals surface area contributed by atoms with Crippen LogP contribution in [0.4, 0.5) is 4.39 Å². The topological polar surface area (TPSA) is 35.6 Å². The summed E-state index contributed by atoms with van der Waals surface area (Å²) in [5.41, 5.74) is 2.26. The molecule has 0 aliphatic carbocycles. The molecule has 3 rings (SSSR count). The van der Waals surface area contributed by atoms with E-state index in [1.807, 2.05) is 30.7 Å². The van der Waals surface area contributed by atoms with Gasteiger partial charge in [0.05, 0.1) is 16.3 Å². The summed E-state index contributed by atoms with van der Waals surface area (Å²) < 4.78 is 17.6. The van der Waals surface area contributed by atoms with Gasteiger partial charge in [0.1, 0.15) is 5.82 Å². The molecule has 3 aromatic rings. The van der Waals surface area contributed by atoms with E-state index in [9.17, 15) is 4.39 Å². The molecule has 1 aromatic carbocycles. The summed E-state index contributed by atoms with van der Waals surface area (Å²) in [5, 5.41) is 4.60. The van der Waals surface area contributed by atoms with Gasteiger partial charge in [-0.2, -0.15) is 5.10 Å². The third kappa shape index (κ3) is 2.23. The highest BCUT2D eigenvalue weighted by Gasteiger charge is 2.18. The molecule has 0 aliphatic rings. The molecule has 108 valence electrons. The molecular weight excluding hydrogens is 291 g/mol. The Balaban J connectivity index is 2.17. The fraction of sp³-hybridized carbons (Fsp3) is 0.200. The van der Waals surface area contributed by atoms with E-state index >= 15 is 0 Å². The van der Waals surface area contributed by atoms with Gasteiger partial charge in [-0.1, -0.05) is 17.7 Å². The van der Waals surface area contributed by atoms with Crippen molar-refractivity contribution in [1.82, 2.24) is 19.3 Å². The monoisotopic (exact) mass is 304 g/mol. The van der Waals surface area contributed by atoms with Gasteiger partial charge in [-0.3, -0.25) is 0 Å². The van der Waals surface area contributed by atoms with Crippen LogP contribution in [-0.4, -0.2) is 19.3 Å². The minimum atomic E-state index is -0.428. The molecule has 0 atom stereocenters. The van der Waals surface area contributed by atoms with Crippen molar-refractivity contribution in [1.29, 1.82) is 0 Å². The van der Waals surface area contributed by atoms with Crippen molar-refractivity contribution in [3.05, 3.63) is 46.9 Å². The second-order valence-corrected chi connectivity index (χ2v) is 5.31. The number of aryl methyl sites for hydroxylation is 2. The number of halogens is 2. The van der Waals surface area contributed by atoms with Crippen molar-refractivity contribution < 1.29 is 4.39 Å². The van der Waals surface area contributed by atoms with Crippen LogP contribution >= 0.6 is 11.6 Å². The van der Waals surface area contributed by atoms with Gasteiger partial charge >= 0.3 is 0 Å². The van der Waals surface area contributed by atoms with E-state index < -0.39 is 5.82 Å². The minimum Gasteiger partial charge on any atom is -0.345 e. The van der Waals surface area contributed by atoms with Gasteiger partial charge in [-0.05, 0) is 31.2 Å². The van der Waals surface area contributed by atoms with E-state index in [-0.39, 0.29) is 11.4 Å². The molecule has 2 heterocycles. The molecule has 2 aromatic heterocycles. The molecule has 0 amide bonds. The highest BCUT2D eigenvalue weighted by Crippen LogP contribution is 2.30. The molecule has 0 fully saturated rings. The van der Waals surface area contributed by atoms with Crippen LogP contribution in [0, 0.1) is 12.7 Å². The predicted molar refractivity (Wildman–Crippen MR) is 80.6 cm³/mol. The number of nitrogens with zero attached hydrogens (tertiary/aromatic N) is 4. The zero-order valence-corrected chi connectivity index (χ0v) is 12.7.